The molecule has 0 spiro atoms. The molecular formula is C16H15ClN2S. The zero-order chi connectivity index (χ0) is 13.9. The molecule has 1 atom stereocenters. The molecule has 4 heteroatoms. The number of benzene rings is 2. The zero-order valence-corrected chi connectivity index (χ0v) is 12.7. The van der Waals surface area contributed by atoms with E-state index >= 15 is 0 Å². The fraction of sp³-hybridized carbons (Fsp3) is 0.188. The van der Waals surface area contributed by atoms with Crippen LogP contribution in [0.5, 0.6) is 0 Å². The van der Waals surface area contributed by atoms with Gasteiger partial charge in [-0.15, -0.1) is 11.3 Å². The monoisotopic (exact) mass is 302 g/mol. The van der Waals surface area contributed by atoms with Crippen molar-refractivity contribution in [3.63, 3.8) is 0 Å². The molecule has 0 aliphatic rings. The molecule has 0 aliphatic heterocycles. The Morgan fingerprint density at radius 3 is 2.80 bits per heavy atom. The van der Waals surface area contributed by atoms with Crippen LogP contribution in [0.25, 0.3) is 10.2 Å². The van der Waals surface area contributed by atoms with Gasteiger partial charge in [-0.05, 0) is 36.9 Å². The number of rotatable bonds is 4. The number of nitrogens with zero attached hydrogens (tertiary/aromatic N) is 1. The molecule has 0 saturated heterocycles. The van der Waals surface area contributed by atoms with Gasteiger partial charge in [0.1, 0.15) is 0 Å². The fourth-order valence-corrected chi connectivity index (χ4v) is 3.50. The average molecular weight is 303 g/mol. The lowest BCUT2D eigenvalue weighted by Crippen LogP contribution is -2.18. The normalized spacial score (nSPS) is 12.7. The van der Waals surface area contributed by atoms with Crippen LogP contribution in [0.4, 0.5) is 0 Å². The van der Waals surface area contributed by atoms with Crippen LogP contribution in [0, 0.1) is 0 Å². The Labute approximate surface area is 127 Å². The fourth-order valence-electron chi connectivity index (χ4n) is 2.29. The molecule has 3 aromatic rings. The minimum atomic E-state index is 0.231. The van der Waals surface area contributed by atoms with Crippen molar-refractivity contribution in [1.82, 2.24) is 10.3 Å². The minimum Gasteiger partial charge on any atom is -0.313 e. The number of halogens is 1. The molecule has 2 aromatic carbocycles. The lowest BCUT2D eigenvalue weighted by molar-refractivity contribution is 0.591. The van der Waals surface area contributed by atoms with Crippen LogP contribution >= 0.6 is 22.9 Å². The molecule has 1 aromatic heterocycles. The smallest absolute Gasteiger partial charge is 0.0957 e. The Kier molecular flexibility index (Phi) is 4.01. The average Bonchev–Trinajstić information content (AvgIpc) is 2.87. The van der Waals surface area contributed by atoms with Gasteiger partial charge in [0.05, 0.1) is 15.2 Å². The summed E-state index contributed by atoms with van der Waals surface area (Å²) in [6.45, 7) is 0. The number of fused-ring (bicyclic) bond motifs is 1. The summed E-state index contributed by atoms with van der Waals surface area (Å²) in [5, 5.41) is 5.26. The van der Waals surface area contributed by atoms with Crippen molar-refractivity contribution in [3.05, 3.63) is 64.1 Å². The molecule has 0 radical (unpaired) electrons. The van der Waals surface area contributed by atoms with Gasteiger partial charge in [-0.3, -0.25) is 0 Å². The molecule has 0 fully saturated rings. The summed E-state index contributed by atoms with van der Waals surface area (Å²) in [5.41, 5.74) is 2.27. The van der Waals surface area contributed by atoms with E-state index in [0.717, 1.165) is 22.0 Å². The molecule has 0 aliphatic carbocycles. The van der Waals surface area contributed by atoms with Gasteiger partial charge in [0.25, 0.3) is 0 Å². The van der Waals surface area contributed by atoms with Crippen molar-refractivity contribution in [1.29, 1.82) is 0 Å². The summed E-state index contributed by atoms with van der Waals surface area (Å²) in [4.78, 5) is 4.69. The molecule has 20 heavy (non-hydrogen) atoms. The first-order chi connectivity index (χ1) is 9.76. The van der Waals surface area contributed by atoms with E-state index in [2.05, 4.69) is 29.6 Å². The van der Waals surface area contributed by atoms with E-state index in [-0.39, 0.29) is 6.04 Å². The van der Waals surface area contributed by atoms with Gasteiger partial charge in [-0.1, -0.05) is 35.9 Å². The third kappa shape index (κ3) is 2.85. The van der Waals surface area contributed by atoms with Gasteiger partial charge >= 0.3 is 0 Å². The number of nitrogens with one attached hydrogen (secondary N) is 1. The van der Waals surface area contributed by atoms with Crippen LogP contribution in [0.15, 0.2) is 48.5 Å². The SMILES string of the molecule is CNC(Cc1nc2ccccc2s1)c1cccc(Cl)c1. The van der Waals surface area contributed by atoms with Gasteiger partial charge in [0, 0.05) is 17.5 Å². The lowest BCUT2D eigenvalue weighted by atomic mass is 10.0. The largest absolute Gasteiger partial charge is 0.313 e. The third-order valence-corrected chi connectivity index (χ3v) is 4.61. The molecule has 0 bridgehead atoms. The second-order valence-electron chi connectivity index (χ2n) is 4.68. The standard InChI is InChI=1S/C16H15ClN2S/c1-18-14(11-5-4-6-12(17)9-11)10-16-19-13-7-2-3-8-15(13)20-16/h2-9,14,18H,10H2,1H3. The summed E-state index contributed by atoms with van der Waals surface area (Å²) in [5.74, 6) is 0. The highest BCUT2D eigenvalue weighted by molar-refractivity contribution is 7.18. The summed E-state index contributed by atoms with van der Waals surface area (Å²) >= 11 is 7.83. The van der Waals surface area contributed by atoms with Crippen molar-refractivity contribution in [3.8, 4) is 0 Å². The zero-order valence-electron chi connectivity index (χ0n) is 11.1. The number of thiazole rings is 1. The van der Waals surface area contributed by atoms with Crippen LogP contribution in [0.1, 0.15) is 16.6 Å². The van der Waals surface area contributed by atoms with Crippen molar-refractivity contribution >= 4 is 33.2 Å². The Bertz CT molecular complexity index is 690. The maximum atomic E-state index is 6.07. The Morgan fingerprint density at radius 2 is 2.05 bits per heavy atom. The quantitative estimate of drug-likeness (QED) is 0.770. The van der Waals surface area contributed by atoms with Crippen LogP contribution in [0.3, 0.4) is 0 Å². The Morgan fingerprint density at radius 1 is 1.20 bits per heavy atom. The first-order valence-electron chi connectivity index (χ1n) is 6.53. The predicted molar refractivity (Wildman–Crippen MR) is 86.6 cm³/mol. The van der Waals surface area contributed by atoms with Crippen LogP contribution in [-0.4, -0.2) is 12.0 Å². The van der Waals surface area contributed by atoms with Crippen LogP contribution in [-0.2, 0) is 6.42 Å². The molecule has 1 N–H and O–H groups in total. The molecule has 1 unspecified atom stereocenters. The summed E-state index contributed by atoms with van der Waals surface area (Å²) in [6, 6.07) is 16.5. The van der Waals surface area contributed by atoms with E-state index in [1.807, 2.05) is 31.3 Å². The van der Waals surface area contributed by atoms with Gasteiger partial charge in [-0.25, -0.2) is 4.98 Å². The van der Waals surface area contributed by atoms with Crippen LogP contribution < -0.4 is 5.32 Å². The molecule has 0 saturated carbocycles. The molecule has 2 nitrogen and oxygen atoms in total. The highest BCUT2D eigenvalue weighted by atomic mass is 35.5. The number of para-hydroxylation sites is 1. The second kappa shape index (κ2) is 5.92. The third-order valence-electron chi connectivity index (χ3n) is 3.32. The second-order valence-corrected chi connectivity index (χ2v) is 6.23. The molecule has 3 rings (SSSR count). The van der Waals surface area contributed by atoms with E-state index in [4.69, 9.17) is 16.6 Å². The van der Waals surface area contributed by atoms with E-state index in [1.165, 1.54) is 10.3 Å². The highest BCUT2D eigenvalue weighted by Gasteiger charge is 2.13. The number of hydrogen-bond donors (Lipinski definition) is 1. The van der Waals surface area contributed by atoms with Crippen molar-refractivity contribution < 1.29 is 0 Å². The lowest BCUT2D eigenvalue weighted by Gasteiger charge is -2.15. The van der Waals surface area contributed by atoms with Gasteiger partial charge in [-0.2, -0.15) is 0 Å². The van der Waals surface area contributed by atoms with Gasteiger partial charge < -0.3 is 5.32 Å². The van der Waals surface area contributed by atoms with E-state index in [1.54, 1.807) is 11.3 Å². The van der Waals surface area contributed by atoms with Crippen molar-refractivity contribution in [2.24, 2.45) is 0 Å². The van der Waals surface area contributed by atoms with E-state index in [9.17, 15) is 0 Å². The number of aromatic nitrogens is 1. The van der Waals surface area contributed by atoms with Gasteiger partial charge in [0.2, 0.25) is 0 Å². The van der Waals surface area contributed by atoms with Crippen molar-refractivity contribution in [2.45, 2.75) is 12.5 Å². The predicted octanol–water partition coefficient (Wildman–Crippen LogP) is 4.45. The Balaban J connectivity index is 1.87. The maximum absolute atomic E-state index is 6.07. The topological polar surface area (TPSA) is 24.9 Å². The summed E-state index contributed by atoms with van der Waals surface area (Å²) < 4.78 is 1.24. The minimum absolute atomic E-state index is 0.231. The highest BCUT2D eigenvalue weighted by Crippen LogP contribution is 2.26. The molecule has 1 heterocycles. The number of hydrogen-bond acceptors (Lipinski definition) is 3. The first-order valence-corrected chi connectivity index (χ1v) is 7.73. The summed E-state index contributed by atoms with van der Waals surface area (Å²) in [7, 11) is 1.97. The van der Waals surface area contributed by atoms with E-state index in [0.29, 0.717) is 0 Å². The molecular weight excluding hydrogens is 288 g/mol. The number of likely N-dealkylation sites (N-methyl/N-ethyl adjacent to an activating group) is 1. The van der Waals surface area contributed by atoms with Gasteiger partial charge in [0.15, 0.2) is 0 Å². The van der Waals surface area contributed by atoms with Crippen LogP contribution in [0.2, 0.25) is 5.02 Å². The Hall–Kier alpha value is -1.42. The summed E-state index contributed by atoms with van der Waals surface area (Å²) in [6.07, 6.45) is 0.871. The molecule has 102 valence electrons. The first kappa shape index (κ1) is 13.6. The molecule has 0 amide bonds. The maximum Gasteiger partial charge on any atom is 0.0957 e. The van der Waals surface area contributed by atoms with Crippen molar-refractivity contribution in [2.75, 3.05) is 7.05 Å². The van der Waals surface area contributed by atoms with E-state index < -0.39 is 0 Å².